The van der Waals surface area contributed by atoms with Gasteiger partial charge < -0.3 is 9.08 Å². The molecule has 1 atom stereocenters. The molecular formula is C12H15N3O2S. The minimum atomic E-state index is -1.28. The van der Waals surface area contributed by atoms with Crippen molar-refractivity contribution in [2.24, 2.45) is 4.40 Å². The summed E-state index contributed by atoms with van der Waals surface area (Å²) in [5.41, 5.74) is 2.07. The second kappa shape index (κ2) is 4.70. The smallest absolute Gasteiger partial charge is 0.170 e. The van der Waals surface area contributed by atoms with Crippen LogP contribution in [0.1, 0.15) is 32.2 Å². The van der Waals surface area contributed by atoms with E-state index < -0.39 is 11.4 Å². The zero-order chi connectivity index (χ0) is 13.3. The molecule has 0 radical (unpaired) electrons. The highest BCUT2D eigenvalue weighted by molar-refractivity contribution is 7.91. The van der Waals surface area contributed by atoms with Crippen molar-refractivity contribution in [3.8, 4) is 0 Å². The van der Waals surface area contributed by atoms with Gasteiger partial charge in [-0.3, -0.25) is 4.98 Å². The van der Waals surface area contributed by atoms with E-state index in [1.54, 1.807) is 12.3 Å². The Morgan fingerprint density at radius 2 is 2.17 bits per heavy atom. The fraction of sp³-hybridized carbons (Fsp3) is 0.417. The lowest BCUT2D eigenvalue weighted by Crippen LogP contribution is -2.25. The number of aryl methyl sites for hydroxylation is 1. The number of fused-ring (bicyclic) bond motifs is 1. The van der Waals surface area contributed by atoms with Gasteiger partial charge in [0.25, 0.3) is 0 Å². The lowest BCUT2D eigenvalue weighted by Gasteiger charge is -2.17. The van der Waals surface area contributed by atoms with E-state index in [0.717, 1.165) is 11.1 Å². The van der Waals surface area contributed by atoms with Crippen molar-refractivity contribution in [2.75, 3.05) is 0 Å². The highest BCUT2D eigenvalue weighted by atomic mass is 32.2. The average Bonchev–Trinajstić information content (AvgIpc) is 2.66. The van der Waals surface area contributed by atoms with E-state index in [-0.39, 0.29) is 4.75 Å². The average molecular weight is 265 g/mol. The van der Waals surface area contributed by atoms with Crippen LogP contribution in [0.25, 0.3) is 11.0 Å². The number of rotatable bonds is 2. The van der Waals surface area contributed by atoms with Gasteiger partial charge in [-0.05, 0) is 27.7 Å². The molecule has 5 nitrogen and oxygen atoms in total. The number of aromatic nitrogens is 2. The summed E-state index contributed by atoms with van der Waals surface area (Å²) < 4.78 is 20.5. The molecule has 0 fully saturated rings. The Hall–Kier alpha value is -1.40. The summed E-state index contributed by atoms with van der Waals surface area (Å²) in [5.74, 6) is 0. The van der Waals surface area contributed by atoms with E-state index >= 15 is 0 Å². The molecule has 0 unspecified atom stereocenters. The van der Waals surface area contributed by atoms with Crippen LogP contribution in [-0.2, 0) is 11.4 Å². The number of pyridine rings is 1. The van der Waals surface area contributed by atoms with E-state index in [9.17, 15) is 4.55 Å². The molecule has 0 saturated carbocycles. The monoisotopic (exact) mass is 265 g/mol. The van der Waals surface area contributed by atoms with Crippen molar-refractivity contribution >= 4 is 28.5 Å². The Kier molecular flexibility index (Phi) is 3.41. The van der Waals surface area contributed by atoms with Gasteiger partial charge in [-0.2, -0.15) is 0 Å². The van der Waals surface area contributed by atoms with Crippen LogP contribution in [-0.4, -0.2) is 25.7 Å². The Balaban J connectivity index is 2.25. The molecule has 2 aromatic heterocycles. The first-order valence-corrected chi connectivity index (χ1v) is 6.67. The molecule has 0 aliphatic heterocycles. The summed E-state index contributed by atoms with van der Waals surface area (Å²) in [6.07, 6.45) is 3.18. The highest BCUT2D eigenvalue weighted by Crippen LogP contribution is 2.18. The summed E-state index contributed by atoms with van der Waals surface area (Å²) in [7, 11) is 0. The van der Waals surface area contributed by atoms with E-state index in [2.05, 4.69) is 14.5 Å². The molecule has 96 valence electrons. The van der Waals surface area contributed by atoms with Gasteiger partial charge in [0.2, 0.25) is 0 Å². The van der Waals surface area contributed by atoms with Crippen LogP contribution < -0.4 is 0 Å². The molecule has 0 aromatic carbocycles. The zero-order valence-electron chi connectivity index (χ0n) is 10.8. The van der Waals surface area contributed by atoms with Crippen LogP contribution in [0.5, 0.6) is 0 Å². The molecule has 0 aliphatic rings. The molecule has 0 N–H and O–H groups in total. The second-order valence-electron chi connectivity index (χ2n) is 4.97. The number of hydrogen-bond acceptors (Lipinski definition) is 5. The lowest BCUT2D eigenvalue weighted by atomic mass is 10.2. The molecule has 0 spiro atoms. The molecule has 0 bridgehead atoms. The minimum Gasteiger partial charge on any atom is -0.591 e. The van der Waals surface area contributed by atoms with Crippen LogP contribution >= 0.6 is 0 Å². The van der Waals surface area contributed by atoms with E-state index in [0.29, 0.717) is 11.3 Å². The SMILES string of the molecule is Cc1noc2cc(/C=N/[S@+]([O-])C(C)(C)C)ncc12. The van der Waals surface area contributed by atoms with E-state index in [4.69, 9.17) is 4.52 Å². The van der Waals surface area contributed by atoms with Gasteiger partial charge in [-0.15, -0.1) is 0 Å². The Morgan fingerprint density at radius 1 is 1.44 bits per heavy atom. The van der Waals surface area contributed by atoms with E-state index in [1.165, 1.54) is 6.21 Å². The van der Waals surface area contributed by atoms with Crippen LogP contribution in [0, 0.1) is 6.92 Å². The highest BCUT2D eigenvalue weighted by Gasteiger charge is 2.25. The third kappa shape index (κ3) is 2.70. The van der Waals surface area contributed by atoms with Crippen LogP contribution in [0.4, 0.5) is 0 Å². The normalized spacial score (nSPS) is 14.5. The molecule has 2 aromatic rings. The van der Waals surface area contributed by atoms with Crippen molar-refractivity contribution < 1.29 is 9.08 Å². The Morgan fingerprint density at radius 3 is 2.83 bits per heavy atom. The number of hydrogen-bond donors (Lipinski definition) is 0. The van der Waals surface area contributed by atoms with Crippen molar-refractivity contribution in [3.05, 3.63) is 23.7 Å². The first kappa shape index (κ1) is 13.0. The standard InChI is InChI=1S/C12H15N3O2S/c1-8-10-7-13-9(5-11(10)17-15-8)6-14-18(16)12(2,3)4/h5-7H,1-4H3/b14-6+/t18-/m1/s1. The van der Waals surface area contributed by atoms with Crippen LogP contribution in [0.15, 0.2) is 21.2 Å². The predicted octanol–water partition coefficient (Wildman–Crippen LogP) is 2.41. The topological polar surface area (TPSA) is 74.3 Å². The molecule has 0 amide bonds. The Bertz CT molecular complexity index is 587. The van der Waals surface area contributed by atoms with Gasteiger partial charge in [0.15, 0.2) is 5.58 Å². The first-order valence-electron chi connectivity index (χ1n) is 5.56. The second-order valence-corrected chi connectivity index (χ2v) is 6.90. The van der Waals surface area contributed by atoms with Crippen molar-refractivity contribution in [3.63, 3.8) is 0 Å². The van der Waals surface area contributed by atoms with Gasteiger partial charge >= 0.3 is 0 Å². The summed E-state index contributed by atoms with van der Waals surface area (Å²) in [5, 5.41) is 4.73. The molecule has 0 saturated heterocycles. The van der Waals surface area contributed by atoms with Crippen LogP contribution in [0.3, 0.4) is 0 Å². The van der Waals surface area contributed by atoms with Crippen molar-refractivity contribution in [1.82, 2.24) is 10.1 Å². The molecule has 6 heteroatoms. The summed E-state index contributed by atoms with van der Waals surface area (Å²) in [6, 6.07) is 1.73. The predicted molar refractivity (Wildman–Crippen MR) is 72.0 cm³/mol. The zero-order valence-corrected chi connectivity index (χ0v) is 11.6. The quantitative estimate of drug-likeness (QED) is 0.617. The summed E-state index contributed by atoms with van der Waals surface area (Å²) in [4.78, 5) is 4.21. The maximum absolute atomic E-state index is 11.8. The van der Waals surface area contributed by atoms with Crippen LogP contribution in [0.2, 0.25) is 0 Å². The fourth-order valence-corrected chi connectivity index (χ4v) is 1.82. The minimum absolute atomic E-state index is 0.372. The van der Waals surface area contributed by atoms with E-state index in [1.807, 2.05) is 27.7 Å². The largest absolute Gasteiger partial charge is 0.591 e. The fourth-order valence-electron chi connectivity index (χ4n) is 1.30. The molecular weight excluding hydrogens is 250 g/mol. The van der Waals surface area contributed by atoms with Crippen molar-refractivity contribution in [2.45, 2.75) is 32.4 Å². The lowest BCUT2D eigenvalue weighted by molar-refractivity contribution is 0.450. The van der Waals surface area contributed by atoms with Gasteiger partial charge in [-0.1, -0.05) is 9.55 Å². The molecule has 2 rings (SSSR count). The van der Waals surface area contributed by atoms with Gasteiger partial charge in [0.1, 0.15) is 22.3 Å². The summed E-state index contributed by atoms with van der Waals surface area (Å²) in [6.45, 7) is 7.47. The third-order valence-corrected chi connectivity index (χ3v) is 3.71. The summed E-state index contributed by atoms with van der Waals surface area (Å²) >= 11 is -1.28. The van der Waals surface area contributed by atoms with Crippen molar-refractivity contribution in [1.29, 1.82) is 0 Å². The molecule has 18 heavy (non-hydrogen) atoms. The molecule has 2 heterocycles. The molecule has 0 aliphatic carbocycles. The third-order valence-electron chi connectivity index (χ3n) is 2.36. The van der Waals surface area contributed by atoms with Gasteiger partial charge in [0.05, 0.1) is 16.8 Å². The van der Waals surface area contributed by atoms with Gasteiger partial charge in [0, 0.05) is 12.3 Å². The first-order chi connectivity index (χ1) is 8.38. The van der Waals surface area contributed by atoms with Gasteiger partial charge in [-0.25, -0.2) is 0 Å². The Labute approximate surface area is 109 Å². The maximum atomic E-state index is 11.8. The number of nitrogens with zero attached hydrogens (tertiary/aromatic N) is 3. The maximum Gasteiger partial charge on any atom is 0.170 e.